The number of ether oxygens (including phenoxy) is 1. The van der Waals surface area contributed by atoms with Crippen molar-refractivity contribution in [2.75, 3.05) is 7.11 Å². The zero-order valence-corrected chi connectivity index (χ0v) is 12.3. The first-order valence-electron chi connectivity index (χ1n) is 6.33. The second-order valence-corrected chi connectivity index (χ2v) is 5.92. The second-order valence-electron chi connectivity index (χ2n) is 5.11. The highest BCUT2D eigenvalue weighted by Gasteiger charge is 2.31. The summed E-state index contributed by atoms with van der Waals surface area (Å²) in [6, 6.07) is 3.55. The van der Waals surface area contributed by atoms with Gasteiger partial charge in [0.2, 0.25) is 0 Å². The van der Waals surface area contributed by atoms with Crippen molar-refractivity contribution in [3.63, 3.8) is 0 Å². The zero-order valence-electron chi connectivity index (χ0n) is 10.7. The summed E-state index contributed by atoms with van der Waals surface area (Å²) in [7, 11) is 1.58. The summed E-state index contributed by atoms with van der Waals surface area (Å²) in [5.41, 5.74) is 7.30. The Morgan fingerprint density at radius 2 is 2.00 bits per heavy atom. The van der Waals surface area contributed by atoms with Crippen LogP contribution in [-0.4, -0.2) is 7.11 Å². The first-order chi connectivity index (χ1) is 8.54. The molecule has 3 atom stereocenters. The van der Waals surface area contributed by atoms with E-state index in [9.17, 15) is 0 Å². The smallest absolute Gasteiger partial charge is 0.138 e. The van der Waals surface area contributed by atoms with E-state index in [1.54, 1.807) is 13.2 Å². The summed E-state index contributed by atoms with van der Waals surface area (Å²) in [5, 5.41) is 1.21. The van der Waals surface area contributed by atoms with Crippen molar-refractivity contribution in [3.05, 3.63) is 27.7 Å². The van der Waals surface area contributed by atoms with Gasteiger partial charge in [0, 0.05) is 17.1 Å². The number of hydrogen-bond donors (Lipinski definition) is 1. The summed E-state index contributed by atoms with van der Waals surface area (Å²) in [6.45, 7) is 2.26. The van der Waals surface area contributed by atoms with Crippen LogP contribution in [0, 0.1) is 11.8 Å². The van der Waals surface area contributed by atoms with Crippen molar-refractivity contribution in [3.8, 4) is 5.75 Å². The summed E-state index contributed by atoms with van der Waals surface area (Å²) in [4.78, 5) is 0. The molecule has 1 aromatic rings. The molecule has 1 aliphatic rings. The molecule has 0 aliphatic heterocycles. The van der Waals surface area contributed by atoms with Crippen LogP contribution in [0.3, 0.4) is 0 Å². The minimum Gasteiger partial charge on any atom is -0.495 e. The Hall–Kier alpha value is -0.440. The molecule has 3 unspecified atom stereocenters. The van der Waals surface area contributed by atoms with Gasteiger partial charge in [-0.05, 0) is 29.9 Å². The Balaban J connectivity index is 2.30. The van der Waals surface area contributed by atoms with Crippen LogP contribution >= 0.6 is 23.2 Å². The molecule has 2 N–H and O–H groups in total. The van der Waals surface area contributed by atoms with E-state index in [1.165, 1.54) is 19.3 Å². The fourth-order valence-corrected chi connectivity index (χ4v) is 3.42. The van der Waals surface area contributed by atoms with Gasteiger partial charge in [-0.25, -0.2) is 0 Å². The Bertz CT molecular complexity index is 436. The first-order valence-corrected chi connectivity index (χ1v) is 7.08. The van der Waals surface area contributed by atoms with Gasteiger partial charge in [-0.15, -0.1) is 0 Å². The van der Waals surface area contributed by atoms with E-state index in [2.05, 4.69) is 6.92 Å². The van der Waals surface area contributed by atoms with Crippen molar-refractivity contribution in [1.29, 1.82) is 0 Å². The molecule has 1 fully saturated rings. The Kier molecular flexibility index (Phi) is 4.41. The van der Waals surface area contributed by atoms with Crippen molar-refractivity contribution in [1.82, 2.24) is 0 Å². The highest BCUT2D eigenvalue weighted by molar-refractivity contribution is 6.34. The third kappa shape index (κ3) is 2.61. The van der Waals surface area contributed by atoms with E-state index in [1.807, 2.05) is 6.07 Å². The quantitative estimate of drug-likeness (QED) is 0.892. The average Bonchev–Trinajstić information content (AvgIpc) is 2.77. The lowest BCUT2D eigenvalue weighted by molar-refractivity contribution is 0.350. The molecule has 0 bridgehead atoms. The summed E-state index contributed by atoms with van der Waals surface area (Å²) < 4.78 is 5.15. The lowest BCUT2D eigenvalue weighted by Gasteiger charge is -2.25. The predicted molar refractivity (Wildman–Crippen MR) is 76.4 cm³/mol. The third-order valence-corrected chi connectivity index (χ3v) is 4.64. The Morgan fingerprint density at radius 3 is 2.56 bits per heavy atom. The van der Waals surface area contributed by atoms with Gasteiger partial charge in [0.05, 0.1) is 12.1 Å². The van der Waals surface area contributed by atoms with Gasteiger partial charge in [-0.3, -0.25) is 0 Å². The first kappa shape index (κ1) is 14.0. The number of nitrogens with two attached hydrogens (primary N) is 1. The fraction of sp³-hybridized carbons (Fsp3) is 0.571. The van der Waals surface area contributed by atoms with Gasteiger partial charge < -0.3 is 10.5 Å². The number of benzene rings is 1. The number of halogens is 2. The van der Waals surface area contributed by atoms with Gasteiger partial charge in [0.15, 0.2) is 0 Å². The highest BCUT2D eigenvalue weighted by Crippen LogP contribution is 2.42. The van der Waals surface area contributed by atoms with Crippen molar-refractivity contribution in [2.45, 2.75) is 32.2 Å². The lowest BCUT2D eigenvalue weighted by atomic mass is 9.86. The van der Waals surface area contributed by atoms with E-state index >= 15 is 0 Å². The molecular weight excluding hydrogens is 269 g/mol. The van der Waals surface area contributed by atoms with Gasteiger partial charge in [0.25, 0.3) is 0 Å². The van der Waals surface area contributed by atoms with Gasteiger partial charge >= 0.3 is 0 Å². The molecule has 2 rings (SSSR count). The molecule has 0 heterocycles. The molecule has 4 heteroatoms. The number of rotatable bonds is 3. The monoisotopic (exact) mass is 287 g/mol. The van der Waals surface area contributed by atoms with Crippen LogP contribution in [0.25, 0.3) is 0 Å². The van der Waals surface area contributed by atoms with Gasteiger partial charge in [-0.1, -0.05) is 43.0 Å². The number of hydrogen-bond acceptors (Lipinski definition) is 2. The maximum Gasteiger partial charge on any atom is 0.138 e. The normalized spacial score (nSPS) is 25.2. The Morgan fingerprint density at radius 1 is 1.28 bits per heavy atom. The molecule has 2 nitrogen and oxygen atoms in total. The molecule has 1 aromatic carbocycles. The van der Waals surface area contributed by atoms with Crippen molar-refractivity contribution < 1.29 is 4.74 Å². The van der Waals surface area contributed by atoms with E-state index in [4.69, 9.17) is 33.7 Å². The topological polar surface area (TPSA) is 35.2 Å². The molecule has 100 valence electrons. The van der Waals surface area contributed by atoms with Crippen LogP contribution < -0.4 is 10.5 Å². The van der Waals surface area contributed by atoms with Crippen LogP contribution in [0.15, 0.2) is 12.1 Å². The predicted octanol–water partition coefficient (Wildman–Crippen LogP) is 4.44. The van der Waals surface area contributed by atoms with Crippen LogP contribution in [0.5, 0.6) is 5.75 Å². The minimum absolute atomic E-state index is 0.0431. The minimum atomic E-state index is -0.0431. The molecule has 0 radical (unpaired) electrons. The maximum absolute atomic E-state index is 6.37. The van der Waals surface area contributed by atoms with Gasteiger partial charge in [-0.2, -0.15) is 0 Å². The van der Waals surface area contributed by atoms with E-state index in [0.717, 1.165) is 5.56 Å². The molecule has 0 saturated heterocycles. The maximum atomic E-state index is 6.37. The number of methoxy groups -OCH3 is 1. The molecule has 0 aromatic heterocycles. The van der Waals surface area contributed by atoms with Crippen LogP contribution in [0.2, 0.25) is 10.0 Å². The molecular formula is C14H19Cl2NO. The lowest BCUT2D eigenvalue weighted by Crippen LogP contribution is -2.23. The molecule has 18 heavy (non-hydrogen) atoms. The Labute approximate surface area is 118 Å². The van der Waals surface area contributed by atoms with Crippen molar-refractivity contribution in [2.24, 2.45) is 17.6 Å². The summed E-state index contributed by atoms with van der Waals surface area (Å²) in [5.74, 6) is 1.74. The molecule has 1 aliphatic carbocycles. The second kappa shape index (κ2) is 5.68. The van der Waals surface area contributed by atoms with Crippen LogP contribution in [-0.2, 0) is 0 Å². The zero-order chi connectivity index (χ0) is 13.3. The van der Waals surface area contributed by atoms with Crippen LogP contribution in [0.1, 0.15) is 37.8 Å². The third-order valence-electron chi connectivity index (χ3n) is 4.02. The summed E-state index contributed by atoms with van der Waals surface area (Å²) in [6.07, 6.45) is 3.67. The molecule has 0 spiro atoms. The fourth-order valence-electron chi connectivity index (χ4n) is 2.89. The highest BCUT2D eigenvalue weighted by atomic mass is 35.5. The molecule has 1 saturated carbocycles. The standard InChI is InChI=1S/C14H19Cl2NO/c1-8-4-3-5-9(8)14(17)10-6-12(16)13(18-2)7-11(10)15/h6-9,14H,3-5,17H2,1-2H3. The van der Waals surface area contributed by atoms with Crippen LogP contribution in [0.4, 0.5) is 0 Å². The summed E-state index contributed by atoms with van der Waals surface area (Å²) >= 11 is 12.4. The van der Waals surface area contributed by atoms with E-state index in [0.29, 0.717) is 27.6 Å². The van der Waals surface area contributed by atoms with E-state index in [-0.39, 0.29) is 6.04 Å². The average molecular weight is 288 g/mol. The largest absolute Gasteiger partial charge is 0.495 e. The van der Waals surface area contributed by atoms with Crippen molar-refractivity contribution >= 4 is 23.2 Å². The van der Waals surface area contributed by atoms with Gasteiger partial charge in [0.1, 0.15) is 5.75 Å². The SMILES string of the molecule is COc1cc(Cl)c(C(N)C2CCCC2C)cc1Cl. The molecule has 0 amide bonds. The van der Waals surface area contributed by atoms with E-state index < -0.39 is 0 Å².